The molecule has 0 aliphatic carbocycles. The molecule has 0 saturated heterocycles. The van der Waals surface area contributed by atoms with Crippen LogP contribution in [0.3, 0.4) is 0 Å². The molecule has 1 aromatic heterocycles. The van der Waals surface area contributed by atoms with Crippen molar-refractivity contribution in [3.05, 3.63) is 21.1 Å². The second-order valence-corrected chi connectivity index (χ2v) is 2.23. The maximum atomic E-state index is 10.6. The second-order valence-electron chi connectivity index (χ2n) is 1.37. The Morgan fingerprint density at radius 1 is 1.88 bits per heavy atom. The molecular weight excluding hydrogens is 174 g/mol. The van der Waals surface area contributed by atoms with Crippen molar-refractivity contribution in [2.45, 2.75) is 0 Å². The van der Waals surface area contributed by atoms with Gasteiger partial charge in [-0.05, 0) is 15.9 Å². The smallest absolute Gasteiger partial charge is 0.296 e. The Morgan fingerprint density at radius 3 is 2.62 bits per heavy atom. The molecule has 0 aliphatic rings. The van der Waals surface area contributed by atoms with Gasteiger partial charge in [0.15, 0.2) is 0 Å². The first-order valence-corrected chi connectivity index (χ1v) is 2.81. The van der Waals surface area contributed by atoms with Gasteiger partial charge in [-0.2, -0.15) is 4.74 Å². The maximum Gasteiger partial charge on any atom is 0.296 e. The zero-order valence-corrected chi connectivity index (χ0v) is 5.81. The van der Waals surface area contributed by atoms with Gasteiger partial charge in [-0.15, -0.1) is 0 Å². The SMILES string of the molecule is Cn1occ(Br)c1=O. The van der Waals surface area contributed by atoms with E-state index >= 15 is 0 Å². The topological polar surface area (TPSA) is 35.1 Å². The van der Waals surface area contributed by atoms with Gasteiger partial charge in [-0.3, -0.25) is 4.79 Å². The molecule has 0 saturated carbocycles. The van der Waals surface area contributed by atoms with Crippen LogP contribution in [0.5, 0.6) is 0 Å². The van der Waals surface area contributed by atoms with E-state index in [9.17, 15) is 4.79 Å². The van der Waals surface area contributed by atoms with Crippen LogP contribution in [0.4, 0.5) is 0 Å². The number of nitrogens with zero attached hydrogens (tertiary/aromatic N) is 1. The predicted octanol–water partition coefficient (Wildman–Crippen LogP) is 0.741. The van der Waals surface area contributed by atoms with E-state index in [1.807, 2.05) is 0 Å². The van der Waals surface area contributed by atoms with Gasteiger partial charge >= 0.3 is 0 Å². The molecule has 0 aliphatic heterocycles. The summed E-state index contributed by atoms with van der Waals surface area (Å²) in [5, 5.41) is 0. The van der Waals surface area contributed by atoms with Crippen molar-refractivity contribution in [1.29, 1.82) is 0 Å². The lowest BCUT2D eigenvalue weighted by molar-refractivity contribution is 0.297. The first-order valence-electron chi connectivity index (χ1n) is 2.02. The van der Waals surface area contributed by atoms with Crippen LogP contribution in [0.25, 0.3) is 0 Å². The van der Waals surface area contributed by atoms with E-state index in [4.69, 9.17) is 0 Å². The highest BCUT2D eigenvalue weighted by atomic mass is 79.9. The van der Waals surface area contributed by atoms with Crippen LogP contribution in [0, 0.1) is 0 Å². The van der Waals surface area contributed by atoms with Gasteiger partial charge in [0.25, 0.3) is 5.56 Å². The summed E-state index contributed by atoms with van der Waals surface area (Å²) >= 11 is 2.99. The fourth-order valence-corrected chi connectivity index (χ4v) is 0.707. The van der Waals surface area contributed by atoms with Crippen LogP contribution in [-0.2, 0) is 7.05 Å². The summed E-state index contributed by atoms with van der Waals surface area (Å²) in [7, 11) is 1.55. The molecule has 1 aromatic rings. The lowest BCUT2D eigenvalue weighted by Crippen LogP contribution is -2.09. The van der Waals surface area contributed by atoms with Crippen molar-refractivity contribution in [3.8, 4) is 0 Å². The van der Waals surface area contributed by atoms with Crippen molar-refractivity contribution in [2.75, 3.05) is 0 Å². The number of hydrogen-bond donors (Lipinski definition) is 0. The van der Waals surface area contributed by atoms with Crippen LogP contribution < -0.4 is 5.56 Å². The van der Waals surface area contributed by atoms with Gasteiger partial charge in [0.05, 0.1) is 0 Å². The van der Waals surface area contributed by atoms with Crippen LogP contribution in [0.1, 0.15) is 0 Å². The maximum absolute atomic E-state index is 10.6. The average Bonchev–Trinajstić information content (AvgIpc) is 1.98. The monoisotopic (exact) mass is 177 g/mol. The molecule has 0 unspecified atom stereocenters. The minimum Gasteiger partial charge on any atom is -0.383 e. The molecule has 0 atom stereocenters. The second kappa shape index (κ2) is 1.78. The van der Waals surface area contributed by atoms with Gasteiger partial charge < -0.3 is 4.52 Å². The van der Waals surface area contributed by atoms with E-state index in [1.165, 1.54) is 6.26 Å². The molecule has 0 aromatic carbocycles. The Bertz CT molecular complexity index is 214. The third-order valence-corrected chi connectivity index (χ3v) is 1.33. The van der Waals surface area contributed by atoms with Crippen molar-refractivity contribution in [2.24, 2.45) is 7.05 Å². The summed E-state index contributed by atoms with van der Waals surface area (Å²) in [4.78, 5) is 10.6. The van der Waals surface area contributed by atoms with E-state index in [1.54, 1.807) is 7.05 Å². The van der Waals surface area contributed by atoms with E-state index in [-0.39, 0.29) is 5.56 Å². The van der Waals surface area contributed by atoms with E-state index < -0.39 is 0 Å². The van der Waals surface area contributed by atoms with E-state index in [2.05, 4.69) is 20.5 Å². The first kappa shape index (κ1) is 5.62. The molecule has 1 rings (SSSR count). The van der Waals surface area contributed by atoms with E-state index in [0.717, 1.165) is 4.74 Å². The third-order valence-electron chi connectivity index (χ3n) is 0.805. The molecule has 44 valence electrons. The Hall–Kier alpha value is -0.510. The third kappa shape index (κ3) is 0.709. The van der Waals surface area contributed by atoms with Crippen LogP contribution in [0.2, 0.25) is 0 Å². The predicted molar refractivity (Wildman–Crippen MR) is 31.6 cm³/mol. The van der Waals surface area contributed by atoms with Crippen molar-refractivity contribution in [3.63, 3.8) is 0 Å². The number of aryl methyl sites for hydroxylation is 1. The minimum atomic E-state index is -0.148. The summed E-state index contributed by atoms with van der Waals surface area (Å²) < 4.78 is 6.25. The van der Waals surface area contributed by atoms with Gasteiger partial charge in [-0.25, -0.2) is 0 Å². The van der Waals surface area contributed by atoms with Gasteiger partial charge in [0.1, 0.15) is 10.7 Å². The van der Waals surface area contributed by atoms with Gasteiger partial charge in [0.2, 0.25) is 0 Å². The molecule has 0 spiro atoms. The molecule has 1 heterocycles. The highest BCUT2D eigenvalue weighted by Crippen LogP contribution is 1.99. The highest BCUT2D eigenvalue weighted by Gasteiger charge is 1.97. The molecule has 0 amide bonds. The Morgan fingerprint density at radius 2 is 2.50 bits per heavy atom. The van der Waals surface area contributed by atoms with Gasteiger partial charge in [0, 0.05) is 7.05 Å². The first-order chi connectivity index (χ1) is 3.72. The average molecular weight is 178 g/mol. The van der Waals surface area contributed by atoms with Crippen LogP contribution >= 0.6 is 15.9 Å². The molecule has 8 heavy (non-hydrogen) atoms. The molecule has 4 heteroatoms. The van der Waals surface area contributed by atoms with Crippen molar-refractivity contribution in [1.82, 2.24) is 4.74 Å². The Balaban J connectivity index is 3.42. The van der Waals surface area contributed by atoms with E-state index in [0.29, 0.717) is 4.47 Å². The molecule has 0 bridgehead atoms. The van der Waals surface area contributed by atoms with Gasteiger partial charge in [-0.1, -0.05) is 0 Å². The summed E-state index contributed by atoms with van der Waals surface area (Å²) in [6.07, 6.45) is 1.35. The summed E-state index contributed by atoms with van der Waals surface area (Å²) in [6.45, 7) is 0. The lowest BCUT2D eigenvalue weighted by Gasteiger charge is -1.77. The van der Waals surface area contributed by atoms with Crippen LogP contribution in [0.15, 0.2) is 20.1 Å². The number of aromatic nitrogens is 1. The largest absolute Gasteiger partial charge is 0.383 e. The Labute approximate surface area is 54.0 Å². The zero-order chi connectivity index (χ0) is 6.15. The minimum absolute atomic E-state index is 0.148. The fourth-order valence-electron chi connectivity index (χ4n) is 0.374. The molecular formula is C4H4BrNO2. The fraction of sp³-hybridized carbons (Fsp3) is 0.250. The van der Waals surface area contributed by atoms with Crippen molar-refractivity contribution >= 4 is 15.9 Å². The Kier molecular flexibility index (Phi) is 1.25. The molecule has 0 fully saturated rings. The summed E-state index contributed by atoms with van der Waals surface area (Å²) in [6, 6.07) is 0. The highest BCUT2D eigenvalue weighted by molar-refractivity contribution is 9.10. The van der Waals surface area contributed by atoms with Crippen molar-refractivity contribution < 1.29 is 4.52 Å². The molecule has 3 nitrogen and oxygen atoms in total. The van der Waals surface area contributed by atoms with Crippen LogP contribution in [-0.4, -0.2) is 4.74 Å². The summed E-state index contributed by atoms with van der Waals surface area (Å²) in [5.41, 5.74) is -0.148. The summed E-state index contributed by atoms with van der Waals surface area (Å²) in [5.74, 6) is 0. The molecule has 0 radical (unpaired) electrons. The standard InChI is InChI=1S/C4H4BrNO2/c1-6-4(7)3(5)2-8-6/h2H,1H3. The number of rotatable bonds is 0. The number of hydrogen-bond acceptors (Lipinski definition) is 2. The zero-order valence-electron chi connectivity index (χ0n) is 4.22. The quantitative estimate of drug-likeness (QED) is 0.587. The number of halogens is 1. The lowest BCUT2D eigenvalue weighted by atomic mass is 10.7. The molecule has 0 N–H and O–H groups in total. The normalized spacial score (nSPS) is 9.75.